The van der Waals surface area contributed by atoms with Crippen molar-refractivity contribution < 1.29 is 22.7 Å². The Bertz CT molecular complexity index is 836. The largest absolute Gasteiger partial charge is 0.449 e. The normalized spacial score (nSPS) is 19.7. The first-order chi connectivity index (χ1) is 13.8. The van der Waals surface area contributed by atoms with Crippen LogP contribution in [0.4, 0.5) is 10.5 Å². The maximum absolute atomic E-state index is 12.9. The summed E-state index contributed by atoms with van der Waals surface area (Å²) in [6, 6.07) is 6.30. The minimum Gasteiger partial charge on any atom is -0.449 e. The number of ether oxygens (including phenoxy) is 1. The van der Waals surface area contributed by atoms with E-state index in [1.807, 2.05) is 6.92 Å². The number of carbonyl (C=O) groups is 2. The van der Waals surface area contributed by atoms with Crippen LogP contribution < -0.4 is 4.72 Å². The highest BCUT2D eigenvalue weighted by atomic mass is 32.2. The highest BCUT2D eigenvalue weighted by Crippen LogP contribution is 2.29. The van der Waals surface area contributed by atoms with Crippen molar-refractivity contribution in [3.8, 4) is 0 Å². The van der Waals surface area contributed by atoms with Crippen molar-refractivity contribution in [1.29, 1.82) is 0 Å². The molecule has 1 saturated heterocycles. The van der Waals surface area contributed by atoms with Gasteiger partial charge in [0.15, 0.2) is 0 Å². The van der Waals surface area contributed by atoms with Crippen molar-refractivity contribution >= 4 is 27.7 Å². The van der Waals surface area contributed by atoms with Gasteiger partial charge in [0.05, 0.1) is 12.4 Å². The van der Waals surface area contributed by atoms with E-state index in [1.165, 1.54) is 0 Å². The summed E-state index contributed by atoms with van der Waals surface area (Å²) in [5, 5.41) is 0. The molecule has 1 aliphatic carbocycles. The molecular formula is C20H29N3O5S. The van der Waals surface area contributed by atoms with Crippen molar-refractivity contribution in [2.45, 2.75) is 39.2 Å². The predicted molar refractivity (Wildman–Crippen MR) is 110 cm³/mol. The number of rotatable bonds is 7. The first-order valence-corrected chi connectivity index (χ1v) is 11.8. The quantitative estimate of drug-likeness (QED) is 0.727. The summed E-state index contributed by atoms with van der Waals surface area (Å²) in [5.74, 6) is 0.443. The van der Waals surface area contributed by atoms with Gasteiger partial charge in [0.2, 0.25) is 10.0 Å². The van der Waals surface area contributed by atoms with Crippen LogP contribution in [0.5, 0.6) is 0 Å². The van der Waals surface area contributed by atoms with E-state index in [0.29, 0.717) is 49.8 Å². The van der Waals surface area contributed by atoms with Crippen LogP contribution in [-0.2, 0) is 14.8 Å². The molecule has 29 heavy (non-hydrogen) atoms. The summed E-state index contributed by atoms with van der Waals surface area (Å²) in [4.78, 5) is 28.4. The van der Waals surface area contributed by atoms with E-state index in [0.717, 1.165) is 12.8 Å². The average molecular weight is 424 g/mol. The maximum Gasteiger partial charge on any atom is 0.409 e. The summed E-state index contributed by atoms with van der Waals surface area (Å²) >= 11 is 0. The molecule has 0 bridgehead atoms. The van der Waals surface area contributed by atoms with Gasteiger partial charge in [-0.1, -0.05) is 6.92 Å². The second-order valence-electron chi connectivity index (χ2n) is 7.81. The Balaban J connectivity index is 1.55. The molecule has 160 valence electrons. The number of benzene rings is 1. The van der Waals surface area contributed by atoms with E-state index in [2.05, 4.69) is 4.72 Å². The molecule has 2 fully saturated rings. The van der Waals surface area contributed by atoms with Crippen LogP contribution in [0.2, 0.25) is 0 Å². The third kappa shape index (κ3) is 5.85. The number of nitrogens with one attached hydrogen (secondary N) is 1. The molecule has 0 unspecified atom stereocenters. The Morgan fingerprint density at radius 1 is 1.17 bits per heavy atom. The predicted octanol–water partition coefficient (Wildman–Crippen LogP) is 2.53. The van der Waals surface area contributed by atoms with E-state index in [9.17, 15) is 18.0 Å². The zero-order valence-electron chi connectivity index (χ0n) is 17.0. The van der Waals surface area contributed by atoms with Crippen LogP contribution in [0.3, 0.4) is 0 Å². The van der Waals surface area contributed by atoms with Gasteiger partial charge in [0, 0.05) is 36.9 Å². The third-order valence-corrected chi connectivity index (χ3v) is 6.66. The monoisotopic (exact) mass is 423 g/mol. The van der Waals surface area contributed by atoms with Gasteiger partial charge in [-0.15, -0.1) is 0 Å². The molecule has 1 aromatic carbocycles. The second kappa shape index (κ2) is 9.02. The first-order valence-electron chi connectivity index (χ1n) is 10.1. The van der Waals surface area contributed by atoms with Crippen LogP contribution in [0.25, 0.3) is 0 Å². The molecule has 1 aliphatic heterocycles. The van der Waals surface area contributed by atoms with Gasteiger partial charge in [-0.2, -0.15) is 0 Å². The number of nitrogens with zero attached hydrogens (tertiary/aromatic N) is 2. The second-order valence-corrected chi connectivity index (χ2v) is 9.65. The van der Waals surface area contributed by atoms with Gasteiger partial charge in [-0.3, -0.25) is 9.52 Å². The molecule has 1 saturated carbocycles. The molecule has 9 heteroatoms. The van der Waals surface area contributed by atoms with E-state index < -0.39 is 10.0 Å². The lowest BCUT2D eigenvalue weighted by Crippen LogP contribution is -2.55. The Morgan fingerprint density at radius 3 is 2.45 bits per heavy atom. The standard InChI is InChI=1S/C20H29N3O5S/c1-3-12-29(26,27)21-18-8-6-17(7-9-18)19(24)23-11-10-22(13-15(23)2)20(25)28-14-16-4-5-16/h6-9,15-16,21H,3-5,10-14H2,1-2H3/t15-/m1/s1. The molecule has 8 nitrogen and oxygen atoms in total. The molecule has 2 aliphatic rings. The van der Waals surface area contributed by atoms with E-state index in [4.69, 9.17) is 4.74 Å². The molecule has 1 aromatic rings. The summed E-state index contributed by atoms with van der Waals surface area (Å²) in [5.41, 5.74) is 0.923. The molecule has 1 atom stereocenters. The minimum absolute atomic E-state index is 0.0541. The van der Waals surface area contributed by atoms with E-state index >= 15 is 0 Å². The Morgan fingerprint density at radius 2 is 1.86 bits per heavy atom. The molecular weight excluding hydrogens is 394 g/mol. The highest BCUT2D eigenvalue weighted by Gasteiger charge is 2.32. The topological polar surface area (TPSA) is 96.0 Å². The zero-order valence-corrected chi connectivity index (χ0v) is 17.8. The van der Waals surface area contributed by atoms with Gasteiger partial charge in [0.25, 0.3) is 5.91 Å². The number of sulfonamides is 1. The maximum atomic E-state index is 12.9. The summed E-state index contributed by atoms with van der Waals surface area (Å²) < 4.78 is 31.5. The third-order valence-electron chi connectivity index (χ3n) is 5.16. The fourth-order valence-corrected chi connectivity index (χ4v) is 4.47. The molecule has 0 spiro atoms. The summed E-state index contributed by atoms with van der Waals surface area (Å²) in [7, 11) is -3.36. The molecule has 3 rings (SSSR count). The number of anilines is 1. The smallest absolute Gasteiger partial charge is 0.409 e. The SMILES string of the molecule is CCCS(=O)(=O)Nc1ccc(C(=O)N2CCN(C(=O)OCC3CC3)C[C@H]2C)cc1. The van der Waals surface area contributed by atoms with E-state index in [1.54, 1.807) is 41.0 Å². The Kier molecular flexibility index (Phi) is 6.66. The number of hydrogen-bond acceptors (Lipinski definition) is 5. The molecule has 0 radical (unpaired) electrons. The van der Waals surface area contributed by atoms with Crippen molar-refractivity contribution in [3.63, 3.8) is 0 Å². The number of amides is 2. The Labute approximate surface area is 172 Å². The van der Waals surface area contributed by atoms with Crippen LogP contribution >= 0.6 is 0 Å². The zero-order chi connectivity index (χ0) is 21.0. The average Bonchev–Trinajstić information content (AvgIpc) is 3.50. The van der Waals surface area contributed by atoms with Crippen LogP contribution in [0.1, 0.15) is 43.5 Å². The number of carbonyl (C=O) groups excluding carboxylic acids is 2. The van der Waals surface area contributed by atoms with E-state index in [-0.39, 0.29) is 23.8 Å². The van der Waals surface area contributed by atoms with Gasteiger partial charge < -0.3 is 14.5 Å². The van der Waals surface area contributed by atoms with Gasteiger partial charge in [-0.05, 0) is 56.4 Å². The lowest BCUT2D eigenvalue weighted by Gasteiger charge is -2.39. The molecule has 1 heterocycles. The molecule has 2 amide bonds. The lowest BCUT2D eigenvalue weighted by atomic mass is 10.1. The van der Waals surface area contributed by atoms with Crippen LogP contribution in [0.15, 0.2) is 24.3 Å². The van der Waals surface area contributed by atoms with Gasteiger partial charge in [0.1, 0.15) is 0 Å². The minimum atomic E-state index is -3.36. The van der Waals surface area contributed by atoms with Crippen molar-refractivity contribution in [3.05, 3.63) is 29.8 Å². The fraction of sp³-hybridized carbons (Fsp3) is 0.600. The Hall–Kier alpha value is -2.29. The number of hydrogen-bond donors (Lipinski definition) is 1. The number of piperazine rings is 1. The summed E-state index contributed by atoms with van der Waals surface area (Å²) in [6.07, 6.45) is 2.49. The van der Waals surface area contributed by atoms with Crippen molar-refractivity contribution in [2.24, 2.45) is 5.92 Å². The molecule has 0 aromatic heterocycles. The lowest BCUT2D eigenvalue weighted by molar-refractivity contribution is 0.0404. The van der Waals surface area contributed by atoms with Crippen LogP contribution in [0, 0.1) is 5.92 Å². The van der Waals surface area contributed by atoms with Gasteiger partial charge in [-0.25, -0.2) is 13.2 Å². The van der Waals surface area contributed by atoms with Crippen molar-refractivity contribution in [2.75, 3.05) is 36.7 Å². The summed E-state index contributed by atoms with van der Waals surface area (Å²) in [6.45, 7) is 5.50. The van der Waals surface area contributed by atoms with Crippen LogP contribution in [-0.4, -0.2) is 68.3 Å². The fourth-order valence-electron chi connectivity index (χ4n) is 3.34. The van der Waals surface area contributed by atoms with Crippen molar-refractivity contribution in [1.82, 2.24) is 9.80 Å². The first kappa shape index (κ1) is 21.4. The highest BCUT2D eigenvalue weighted by molar-refractivity contribution is 7.92. The molecule has 1 N–H and O–H groups in total. The van der Waals surface area contributed by atoms with Gasteiger partial charge >= 0.3 is 6.09 Å².